The quantitative estimate of drug-likeness (QED) is 0.503. The molecule has 0 spiro atoms. The molecular weight excluding hydrogens is 188 g/mol. The Hall–Kier alpha value is -0.480. The number of thioether (sulfide) groups is 1. The second-order valence-electron chi connectivity index (χ2n) is 2.72. The van der Waals surface area contributed by atoms with Gasteiger partial charge in [-0.2, -0.15) is 11.8 Å². The van der Waals surface area contributed by atoms with Crippen LogP contribution in [-0.2, 0) is 14.3 Å². The smallest absolute Gasteiger partial charge is 0.332 e. The molecule has 4 heteroatoms. The highest BCUT2D eigenvalue weighted by Crippen LogP contribution is 2.14. The van der Waals surface area contributed by atoms with E-state index in [0.717, 1.165) is 24.0 Å². The minimum Gasteiger partial charge on any atom is -0.432 e. The first kappa shape index (κ1) is 10.6. The van der Waals surface area contributed by atoms with E-state index in [0.29, 0.717) is 6.61 Å². The summed E-state index contributed by atoms with van der Waals surface area (Å²) in [5.74, 6) is 1.43. The molecule has 1 atom stereocenters. The van der Waals surface area contributed by atoms with Gasteiger partial charge in [-0.05, 0) is 18.6 Å². The fourth-order valence-corrected chi connectivity index (χ4v) is 1.93. The lowest BCUT2D eigenvalue weighted by molar-refractivity contribution is -0.168. The van der Waals surface area contributed by atoms with Gasteiger partial charge in [0.2, 0.25) is 6.29 Å². The minimum atomic E-state index is -0.411. The van der Waals surface area contributed by atoms with E-state index in [2.05, 4.69) is 6.58 Å². The van der Waals surface area contributed by atoms with Gasteiger partial charge in [0.05, 0.1) is 12.4 Å². The molecule has 1 fully saturated rings. The Kier molecular flexibility index (Phi) is 4.93. The second kappa shape index (κ2) is 6.05. The summed E-state index contributed by atoms with van der Waals surface area (Å²) in [5, 5.41) is 0. The minimum absolute atomic E-state index is 0.393. The molecule has 0 bridgehead atoms. The highest BCUT2D eigenvalue weighted by molar-refractivity contribution is 7.99. The third kappa shape index (κ3) is 4.33. The molecule has 0 aromatic rings. The van der Waals surface area contributed by atoms with E-state index in [9.17, 15) is 4.79 Å². The SMILES string of the molecule is C=CC(=O)OC1CSCCCCO1. The molecule has 1 aliphatic rings. The third-order valence-electron chi connectivity index (χ3n) is 1.65. The van der Waals surface area contributed by atoms with Crippen LogP contribution in [0.2, 0.25) is 0 Å². The second-order valence-corrected chi connectivity index (χ2v) is 3.87. The van der Waals surface area contributed by atoms with E-state index in [1.165, 1.54) is 6.42 Å². The largest absolute Gasteiger partial charge is 0.432 e. The Morgan fingerprint density at radius 1 is 1.62 bits per heavy atom. The molecule has 0 aromatic heterocycles. The number of rotatable bonds is 2. The molecule has 3 nitrogen and oxygen atoms in total. The van der Waals surface area contributed by atoms with Gasteiger partial charge in [0.1, 0.15) is 0 Å². The van der Waals surface area contributed by atoms with Gasteiger partial charge in [-0.25, -0.2) is 4.79 Å². The van der Waals surface area contributed by atoms with Crippen molar-refractivity contribution < 1.29 is 14.3 Å². The van der Waals surface area contributed by atoms with Crippen LogP contribution in [0.4, 0.5) is 0 Å². The van der Waals surface area contributed by atoms with Crippen LogP contribution in [0.15, 0.2) is 12.7 Å². The summed E-state index contributed by atoms with van der Waals surface area (Å²) >= 11 is 1.75. The fourth-order valence-electron chi connectivity index (χ4n) is 0.994. The molecule has 0 N–H and O–H groups in total. The molecule has 74 valence electrons. The summed E-state index contributed by atoms with van der Waals surface area (Å²) in [5.41, 5.74) is 0. The first-order valence-electron chi connectivity index (χ1n) is 4.35. The molecule has 1 aliphatic heterocycles. The van der Waals surface area contributed by atoms with E-state index in [-0.39, 0.29) is 0 Å². The summed E-state index contributed by atoms with van der Waals surface area (Å²) < 4.78 is 10.3. The van der Waals surface area contributed by atoms with Gasteiger partial charge >= 0.3 is 5.97 Å². The zero-order valence-electron chi connectivity index (χ0n) is 7.53. The molecule has 1 saturated heterocycles. The summed E-state index contributed by atoms with van der Waals surface area (Å²) in [6, 6.07) is 0. The van der Waals surface area contributed by atoms with Gasteiger partial charge in [0.15, 0.2) is 0 Å². The zero-order valence-corrected chi connectivity index (χ0v) is 8.35. The van der Waals surface area contributed by atoms with E-state index in [1.807, 2.05) is 0 Å². The highest BCUT2D eigenvalue weighted by Gasteiger charge is 2.14. The van der Waals surface area contributed by atoms with Crippen LogP contribution in [0.1, 0.15) is 12.8 Å². The van der Waals surface area contributed by atoms with Gasteiger partial charge < -0.3 is 9.47 Å². The Morgan fingerprint density at radius 2 is 2.46 bits per heavy atom. The van der Waals surface area contributed by atoms with Crippen LogP contribution >= 0.6 is 11.8 Å². The van der Waals surface area contributed by atoms with Gasteiger partial charge in [0.25, 0.3) is 0 Å². The molecule has 0 aliphatic carbocycles. The Labute approximate surface area is 82.5 Å². The maximum absolute atomic E-state index is 10.8. The number of hydrogen-bond acceptors (Lipinski definition) is 4. The predicted octanol–water partition coefficient (Wildman–Crippen LogP) is 1.59. The van der Waals surface area contributed by atoms with Gasteiger partial charge in [0, 0.05) is 6.08 Å². The van der Waals surface area contributed by atoms with Crippen LogP contribution in [0.5, 0.6) is 0 Å². The molecule has 0 radical (unpaired) electrons. The first-order valence-corrected chi connectivity index (χ1v) is 5.51. The van der Waals surface area contributed by atoms with Gasteiger partial charge in [-0.3, -0.25) is 0 Å². The van der Waals surface area contributed by atoms with Crippen molar-refractivity contribution in [3.8, 4) is 0 Å². The summed E-state index contributed by atoms with van der Waals surface area (Å²) in [6.07, 6.45) is 2.98. The average molecular weight is 202 g/mol. The molecule has 0 aromatic carbocycles. The van der Waals surface area contributed by atoms with Gasteiger partial charge in [-0.15, -0.1) is 0 Å². The van der Waals surface area contributed by atoms with Crippen molar-refractivity contribution in [2.45, 2.75) is 19.1 Å². The van der Waals surface area contributed by atoms with Crippen LogP contribution < -0.4 is 0 Å². The van der Waals surface area contributed by atoms with Crippen molar-refractivity contribution >= 4 is 17.7 Å². The number of carbonyl (C=O) groups excluding carboxylic acids is 1. The molecule has 1 heterocycles. The first-order chi connectivity index (χ1) is 6.33. The number of carbonyl (C=O) groups is 1. The summed E-state index contributed by atoms with van der Waals surface area (Å²) in [4.78, 5) is 10.8. The maximum atomic E-state index is 10.8. The summed E-state index contributed by atoms with van der Waals surface area (Å²) in [7, 11) is 0. The lowest BCUT2D eigenvalue weighted by atomic mass is 10.3. The number of hydrogen-bond donors (Lipinski definition) is 0. The van der Waals surface area contributed by atoms with E-state index in [1.54, 1.807) is 11.8 Å². The van der Waals surface area contributed by atoms with Crippen LogP contribution in [0, 0.1) is 0 Å². The lowest BCUT2D eigenvalue weighted by Gasteiger charge is -2.19. The van der Waals surface area contributed by atoms with Gasteiger partial charge in [-0.1, -0.05) is 6.58 Å². The van der Waals surface area contributed by atoms with Crippen molar-refractivity contribution in [3.05, 3.63) is 12.7 Å². The third-order valence-corrected chi connectivity index (χ3v) is 2.74. The summed E-state index contributed by atoms with van der Waals surface area (Å²) in [6.45, 7) is 4.01. The topological polar surface area (TPSA) is 35.5 Å². The molecule has 1 rings (SSSR count). The number of esters is 1. The monoisotopic (exact) mass is 202 g/mol. The van der Waals surface area contributed by atoms with Crippen LogP contribution in [-0.4, -0.2) is 30.4 Å². The normalized spacial score (nSPS) is 24.2. The van der Waals surface area contributed by atoms with Crippen LogP contribution in [0.3, 0.4) is 0 Å². The molecule has 0 amide bonds. The van der Waals surface area contributed by atoms with Crippen LogP contribution in [0.25, 0.3) is 0 Å². The van der Waals surface area contributed by atoms with Crippen molar-refractivity contribution in [1.82, 2.24) is 0 Å². The van der Waals surface area contributed by atoms with Crippen molar-refractivity contribution in [2.75, 3.05) is 18.1 Å². The highest BCUT2D eigenvalue weighted by atomic mass is 32.2. The Morgan fingerprint density at radius 3 is 3.23 bits per heavy atom. The molecular formula is C9H14O3S. The Balaban J connectivity index is 2.28. The molecule has 0 saturated carbocycles. The van der Waals surface area contributed by atoms with Crippen molar-refractivity contribution in [3.63, 3.8) is 0 Å². The zero-order chi connectivity index (χ0) is 9.52. The van der Waals surface area contributed by atoms with E-state index >= 15 is 0 Å². The maximum Gasteiger partial charge on any atom is 0.332 e. The lowest BCUT2D eigenvalue weighted by Crippen LogP contribution is -2.25. The van der Waals surface area contributed by atoms with Crippen molar-refractivity contribution in [1.29, 1.82) is 0 Å². The average Bonchev–Trinajstić information content (AvgIpc) is 2.09. The fraction of sp³-hybridized carbons (Fsp3) is 0.667. The van der Waals surface area contributed by atoms with Crippen molar-refractivity contribution in [2.24, 2.45) is 0 Å². The standard InChI is InChI=1S/C9H14O3S/c1-2-8(10)12-9-7-13-6-4-3-5-11-9/h2,9H,1,3-7H2. The molecule has 1 unspecified atom stereocenters. The Bertz CT molecular complexity index is 174. The van der Waals surface area contributed by atoms with E-state index < -0.39 is 12.3 Å². The van der Waals surface area contributed by atoms with E-state index in [4.69, 9.17) is 9.47 Å². The molecule has 13 heavy (non-hydrogen) atoms. The predicted molar refractivity (Wildman–Crippen MR) is 52.6 cm³/mol. The number of ether oxygens (including phenoxy) is 2.